The largest absolute Gasteiger partial charge is 0.342 e. The highest BCUT2D eigenvalue weighted by molar-refractivity contribution is 5.92. The van der Waals surface area contributed by atoms with Crippen molar-refractivity contribution in [2.45, 2.75) is 38.5 Å². The molecule has 0 unspecified atom stereocenters. The number of carbonyl (C=O) groups is 2. The number of halogens is 1. The van der Waals surface area contributed by atoms with Crippen LogP contribution in [0.4, 0.5) is 10.1 Å². The van der Waals surface area contributed by atoms with E-state index in [1.165, 1.54) is 12.1 Å². The molecule has 0 spiro atoms. The molecular formula is C18H23FN2O2. The fraction of sp³-hybridized carbons (Fsp3) is 0.556. The molecule has 1 aromatic rings. The summed E-state index contributed by atoms with van der Waals surface area (Å²) in [5.41, 5.74) is 0.491. The molecule has 23 heavy (non-hydrogen) atoms. The van der Waals surface area contributed by atoms with Gasteiger partial charge in [0.15, 0.2) is 0 Å². The Bertz CT molecular complexity index is 576. The van der Waals surface area contributed by atoms with Crippen molar-refractivity contribution in [2.24, 2.45) is 11.8 Å². The second-order valence-electron chi connectivity index (χ2n) is 6.58. The molecule has 124 valence electrons. The molecule has 1 aliphatic carbocycles. The summed E-state index contributed by atoms with van der Waals surface area (Å²) in [7, 11) is 0. The topological polar surface area (TPSA) is 49.4 Å². The molecule has 1 heterocycles. The molecule has 3 rings (SSSR count). The van der Waals surface area contributed by atoms with Crippen LogP contribution in [0.3, 0.4) is 0 Å². The predicted octanol–water partition coefficient (Wildman–Crippen LogP) is 3.19. The Morgan fingerprint density at radius 1 is 1.04 bits per heavy atom. The van der Waals surface area contributed by atoms with Crippen LogP contribution in [0.15, 0.2) is 24.3 Å². The van der Waals surface area contributed by atoms with E-state index >= 15 is 0 Å². The quantitative estimate of drug-likeness (QED) is 0.930. The van der Waals surface area contributed by atoms with Gasteiger partial charge in [-0.1, -0.05) is 6.07 Å². The molecule has 2 fully saturated rings. The number of nitrogens with one attached hydrogen (secondary N) is 1. The minimum absolute atomic E-state index is 0.0670. The Balaban J connectivity index is 1.50. The van der Waals surface area contributed by atoms with Crippen molar-refractivity contribution >= 4 is 17.5 Å². The van der Waals surface area contributed by atoms with Crippen LogP contribution < -0.4 is 5.32 Å². The van der Waals surface area contributed by atoms with Gasteiger partial charge in [0.05, 0.1) is 0 Å². The Morgan fingerprint density at radius 3 is 2.35 bits per heavy atom. The lowest BCUT2D eigenvalue weighted by molar-refractivity contribution is -0.136. The first-order valence-corrected chi connectivity index (χ1v) is 8.49. The molecule has 0 radical (unpaired) electrons. The minimum Gasteiger partial charge on any atom is -0.342 e. The van der Waals surface area contributed by atoms with E-state index in [0.717, 1.165) is 51.6 Å². The first-order valence-electron chi connectivity index (χ1n) is 8.49. The molecule has 1 aliphatic heterocycles. The Labute approximate surface area is 136 Å². The minimum atomic E-state index is -0.359. The number of benzene rings is 1. The SMILES string of the molecule is O=C(Nc1cccc(F)c1)C1CCC(C(=O)N2CCCC2)CC1. The highest BCUT2D eigenvalue weighted by atomic mass is 19.1. The average Bonchev–Trinajstić information content (AvgIpc) is 3.09. The van der Waals surface area contributed by atoms with Crippen LogP contribution >= 0.6 is 0 Å². The van der Waals surface area contributed by atoms with Gasteiger partial charge >= 0.3 is 0 Å². The number of anilines is 1. The van der Waals surface area contributed by atoms with Crippen LogP contribution in [0.25, 0.3) is 0 Å². The monoisotopic (exact) mass is 318 g/mol. The van der Waals surface area contributed by atoms with Crippen molar-refractivity contribution in [3.8, 4) is 0 Å². The van der Waals surface area contributed by atoms with Crippen molar-refractivity contribution in [1.82, 2.24) is 4.90 Å². The van der Waals surface area contributed by atoms with Crippen molar-refractivity contribution in [1.29, 1.82) is 0 Å². The third kappa shape index (κ3) is 3.89. The van der Waals surface area contributed by atoms with Gasteiger partial charge in [-0.2, -0.15) is 0 Å². The summed E-state index contributed by atoms with van der Waals surface area (Å²) < 4.78 is 13.2. The van der Waals surface area contributed by atoms with Crippen LogP contribution in [-0.2, 0) is 9.59 Å². The lowest BCUT2D eigenvalue weighted by atomic mass is 9.81. The molecule has 0 bridgehead atoms. The summed E-state index contributed by atoms with van der Waals surface area (Å²) in [6, 6.07) is 5.94. The normalized spacial score (nSPS) is 24.5. The maximum absolute atomic E-state index is 13.2. The predicted molar refractivity (Wildman–Crippen MR) is 86.3 cm³/mol. The number of likely N-dealkylation sites (tertiary alicyclic amines) is 1. The van der Waals surface area contributed by atoms with Gasteiger partial charge < -0.3 is 10.2 Å². The number of rotatable bonds is 3. The van der Waals surface area contributed by atoms with Gasteiger partial charge in [0.2, 0.25) is 11.8 Å². The van der Waals surface area contributed by atoms with E-state index in [-0.39, 0.29) is 29.5 Å². The standard InChI is InChI=1S/C18H23FN2O2/c19-15-4-3-5-16(12-15)20-17(22)13-6-8-14(9-7-13)18(23)21-10-1-2-11-21/h3-5,12-14H,1-2,6-11H2,(H,20,22). The summed E-state index contributed by atoms with van der Waals surface area (Å²) in [5, 5.41) is 2.78. The van der Waals surface area contributed by atoms with E-state index in [0.29, 0.717) is 5.69 Å². The molecule has 1 saturated heterocycles. The van der Waals surface area contributed by atoms with Gasteiger partial charge in [-0.3, -0.25) is 9.59 Å². The summed E-state index contributed by atoms with van der Waals surface area (Å²) in [4.78, 5) is 26.6. The maximum Gasteiger partial charge on any atom is 0.227 e. The third-order valence-electron chi connectivity index (χ3n) is 4.96. The highest BCUT2D eigenvalue weighted by Crippen LogP contribution is 2.31. The van der Waals surface area contributed by atoms with Crippen LogP contribution in [0.2, 0.25) is 0 Å². The summed E-state index contributed by atoms with van der Waals surface area (Å²) >= 11 is 0. The molecule has 4 nitrogen and oxygen atoms in total. The fourth-order valence-electron chi connectivity index (χ4n) is 3.61. The second kappa shape index (κ2) is 7.11. The van der Waals surface area contributed by atoms with Gasteiger partial charge in [0, 0.05) is 30.6 Å². The van der Waals surface area contributed by atoms with Crippen molar-refractivity contribution < 1.29 is 14.0 Å². The van der Waals surface area contributed by atoms with Gasteiger partial charge in [-0.25, -0.2) is 4.39 Å². The van der Waals surface area contributed by atoms with Gasteiger partial charge in [-0.15, -0.1) is 0 Å². The van der Waals surface area contributed by atoms with E-state index in [4.69, 9.17) is 0 Å². The van der Waals surface area contributed by atoms with Gasteiger partial charge in [-0.05, 0) is 56.7 Å². The summed E-state index contributed by atoms with van der Waals surface area (Å²) in [6.07, 6.45) is 5.22. The second-order valence-corrected chi connectivity index (χ2v) is 6.58. The molecule has 0 atom stereocenters. The molecule has 1 N–H and O–H groups in total. The van der Waals surface area contributed by atoms with E-state index in [1.807, 2.05) is 4.90 Å². The molecule has 2 amide bonds. The van der Waals surface area contributed by atoms with Crippen LogP contribution in [-0.4, -0.2) is 29.8 Å². The zero-order valence-corrected chi connectivity index (χ0v) is 13.3. The number of hydrogen-bond acceptors (Lipinski definition) is 2. The Kier molecular flexibility index (Phi) is 4.94. The first kappa shape index (κ1) is 16.0. The molecular weight excluding hydrogens is 295 g/mol. The van der Waals surface area contributed by atoms with Gasteiger partial charge in [0.1, 0.15) is 5.82 Å². The maximum atomic E-state index is 13.2. The average molecular weight is 318 g/mol. The summed E-state index contributed by atoms with van der Waals surface area (Å²) in [6.45, 7) is 1.78. The Hall–Kier alpha value is -1.91. The number of carbonyl (C=O) groups excluding carboxylic acids is 2. The first-order chi connectivity index (χ1) is 11.1. The van der Waals surface area contributed by atoms with Crippen molar-refractivity contribution in [3.05, 3.63) is 30.1 Å². The smallest absolute Gasteiger partial charge is 0.227 e. The molecule has 2 aliphatic rings. The highest BCUT2D eigenvalue weighted by Gasteiger charge is 2.32. The fourth-order valence-corrected chi connectivity index (χ4v) is 3.61. The lowest BCUT2D eigenvalue weighted by Crippen LogP contribution is -2.37. The number of nitrogens with zero attached hydrogens (tertiary/aromatic N) is 1. The zero-order valence-electron chi connectivity index (χ0n) is 13.3. The third-order valence-corrected chi connectivity index (χ3v) is 4.96. The molecule has 5 heteroatoms. The van der Waals surface area contributed by atoms with E-state index in [2.05, 4.69) is 5.32 Å². The van der Waals surface area contributed by atoms with E-state index in [9.17, 15) is 14.0 Å². The van der Waals surface area contributed by atoms with E-state index < -0.39 is 0 Å². The lowest BCUT2D eigenvalue weighted by Gasteiger charge is -2.29. The summed E-state index contributed by atoms with van der Waals surface area (Å²) in [5.74, 6) is -0.163. The Morgan fingerprint density at radius 2 is 1.70 bits per heavy atom. The van der Waals surface area contributed by atoms with E-state index in [1.54, 1.807) is 12.1 Å². The number of hydrogen-bond donors (Lipinski definition) is 1. The molecule has 1 aromatic carbocycles. The van der Waals surface area contributed by atoms with Crippen LogP contribution in [0.5, 0.6) is 0 Å². The molecule has 0 aromatic heterocycles. The number of amides is 2. The van der Waals surface area contributed by atoms with Crippen LogP contribution in [0.1, 0.15) is 38.5 Å². The van der Waals surface area contributed by atoms with Crippen molar-refractivity contribution in [3.63, 3.8) is 0 Å². The zero-order chi connectivity index (χ0) is 16.2. The van der Waals surface area contributed by atoms with Crippen molar-refractivity contribution in [2.75, 3.05) is 18.4 Å². The van der Waals surface area contributed by atoms with Gasteiger partial charge in [0.25, 0.3) is 0 Å². The van der Waals surface area contributed by atoms with Crippen LogP contribution in [0, 0.1) is 17.7 Å². The molecule has 1 saturated carbocycles.